The zero-order valence-electron chi connectivity index (χ0n) is 4.15. The van der Waals surface area contributed by atoms with Crippen molar-refractivity contribution in [3.8, 4) is 0 Å². The topological polar surface area (TPSA) is 26.0 Å². The highest BCUT2D eigenvalue weighted by atomic mass is 14.6. The van der Waals surface area contributed by atoms with Crippen LogP contribution in [0, 0.1) is 6.08 Å². The maximum absolute atomic E-state index is 5.35. The molecule has 0 aromatic rings. The first-order valence-electron chi connectivity index (χ1n) is 2.42. The minimum absolute atomic E-state index is 0.784. The Morgan fingerprint density at radius 3 is 2.86 bits per heavy atom. The molecule has 0 saturated heterocycles. The molecule has 1 heteroatoms. The van der Waals surface area contributed by atoms with Crippen molar-refractivity contribution in [1.29, 1.82) is 0 Å². The lowest BCUT2D eigenvalue weighted by molar-refractivity contribution is 0.983. The Kier molecular flexibility index (Phi) is 1.16. The first kappa shape index (κ1) is 4.44. The van der Waals surface area contributed by atoms with Crippen molar-refractivity contribution in [3.63, 3.8) is 0 Å². The number of nitrogens with two attached hydrogens (primary N) is 1. The van der Waals surface area contributed by atoms with Crippen molar-refractivity contribution >= 4 is 0 Å². The maximum Gasteiger partial charge on any atom is 0.0347 e. The van der Waals surface area contributed by atoms with Crippen LogP contribution in [-0.2, 0) is 0 Å². The molecule has 1 aliphatic carbocycles. The van der Waals surface area contributed by atoms with Gasteiger partial charge in [0.1, 0.15) is 0 Å². The summed E-state index contributed by atoms with van der Waals surface area (Å²) in [6.07, 6.45) is 9.03. The second-order valence-electron chi connectivity index (χ2n) is 1.57. The van der Waals surface area contributed by atoms with E-state index in [0.29, 0.717) is 0 Å². The molecular formula is C6H8N. The van der Waals surface area contributed by atoms with Crippen molar-refractivity contribution in [1.82, 2.24) is 0 Å². The molecule has 1 nitrogen and oxygen atoms in total. The highest BCUT2D eigenvalue weighted by molar-refractivity contribution is 5.14. The summed E-state index contributed by atoms with van der Waals surface area (Å²) in [6, 6.07) is 0. The third-order valence-electron chi connectivity index (χ3n) is 0.938. The predicted octanol–water partition coefficient (Wildman–Crippen LogP) is 0.982. The van der Waals surface area contributed by atoms with E-state index in [1.165, 1.54) is 0 Å². The fraction of sp³-hybridized carbons (Fsp3) is 0.333. The van der Waals surface area contributed by atoms with Gasteiger partial charge in [-0.15, -0.1) is 0 Å². The normalized spacial score (nSPS) is 19.1. The summed E-state index contributed by atoms with van der Waals surface area (Å²) < 4.78 is 0. The van der Waals surface area contributed by atoms with E-state index in [-0.39, 0.29) is 0 Å². The molecule has 0 aromatic heterocycles. The van der Waals surface area contributed by atoms with Gasteiger partial charge in [-0.2, -0.15) is 0 Å². The minimum Gasteiger partial charge on any atom is -0.399 e. The van der Waals surface area contributed by atoms with Gasteiger partial charge in [-0.3, -0.25) is 0 Å². The molecule has 0 aromatic carbocycles. The summed E-state index contributed by atoms with van der Waals surface area (Å²) in [5.41, 5.74) is 6.14. The summed E-state index contributed by atoms with van der Waals surface area (Å²) in [5.74, 6) is 0. The molecule has 7 heavy (non-hydrogen) atoms. The molecule has 1 radical (unpaired) electrons. The van der Waals surface area contributed by atoms with E-state index in [1.807, 2.05) is 6.08 Å². The summed E-state index contributed by atoms with van der Waals surface area (Å²) in [4.78, 5) is 0. The molecule has 0 amide bonds. The van der Waals surface area contributed by atoms with Crippen molar-refractivity contribution in [2.45, 2.75) is 12.8 Å². The van der Waals surface area contributed by atoms with Crippen molar-refractivity contribution in [2.24, 2.45) is 5.73 Å². The van der Waals surface area contributed by atoms with Crippen molar-refractivity contribution in [2.75, 3.05) is 0 Å². The second kappa shape index (κ2) is 1.82. The molecule has 0 bridgehead atoms. The Morgan fingerprint density at radius 1 is 1.71 bits per heavy atom. The van der Waals surface area contributed by atoms with Crippen LogP contribution in [0.4, 0.5) is 0 Å². The van der Waals surface area contributed by atoms with E-state index in [2.05, 4.69) is 12.2 Å². The largest absolute Gasteiger partial charge is 0.399 e. The second-order valence-corrected chi connectivity index (χ2v) is 1.57. The highest BCUT2D eigenvalue weighted by Gasteiger charge is 1.87. The first-order chi connectivity index (χ1) is 3.39. The lowest BCUT2D eigenvalue weighted by Crippen LogP contribution is -1.95. The molecule has 0 saturated carbocycles. The zero-order chi connectivity index (χ0) is 5.11. The van der Waals surface area contributed by atoms with Gasteiger partial charge >= 0.3 is 0 Å². The summed E-state index contributed by atoms with van der Waals surface area (Å²) in [5, 5.41) is 0. The third kappa shape index (κ3) is 1.07. The van der Waals surface area contributed by atoms with Crippen LogP contribution in [0.1, 0.15) is 12.8 Å². The van der Waals surface area contributed by atoms with E-state index < -0.39 is 0 Å². The SMILES string of the molecule is NC1=[C]CCC=C1. The predicted molar refractivity (Wildman–Crippen MR) is 29.3 cm³/mol. The molecule has 1 aliphatic rings. The van der Waals surface area contributed by atoms with Crippen LogP contribution in [0.2, 0.25) is 0 Å². The molecule has 2 N–H and O–H groups in total. The fourth-order valence-corrected chi connectivity index (χ4v) is 0.569. The van der Waals surface area contributed by atoms with Gasteiger partial charge in [0, 0.05) is 5.70 Å². The van der Waals surface area contributed by atoms with Gasteiger partial charge < -0.3 is 5.73 Å². The lowest BCUT2D eigenvalue weighted by atomic mass is 10.2. The third-order valence-corrected chi connectivity index (χ3v) is 0.938. The zero-order valence-corrected chi connectivity index (χ0v) is 4.15. The van der Waals surface area contributed by atoms with Gasteiger partial charge in [-0.05, 0) is 25.0 Å². The Balaban J connectivity index is 2.58. The summed E-state index contributed by atoms with van der Waals surface area (Å²) in [7, 11) is 0. The quantitative estimate of drug-likeness (QED) is 0.475. The standard InChI is InChI=1S/C6H8N/c7-6-4-2-1-3-5-6/h2,4H,1,3,7H2. The van der Waals surface area contributed by atoms with Crippen LogP contribution in [-0.4, -0.2) is 0 Å². The van der Waals surface area contributed by atoms with Gasteiger partial charge in [0.05, 0.1) is 0 Å². The van der Waals surface area contributed by atoms with E-state index in [0.717, 1.165) is 18.5 Å². The molecule has 0 heterocycles. The molecule has 0 spiro atoms. The Hall–Kier alpha value is -0.720. The first-order valence-corrected chi connectivity index (χ1v) is 2.42. The Labute approximate surface area is 43.5 Å². The molecule has 0 unspecified atom stereocenters. The van der Waals surface area contributed by atoms with E-state index in [9.17, 15) is 0 Å². The van der Waals surface area contributed by atoms with Gasteiger partial charge in [0.2, 0.25) is 0 Å². The fourth-order valence-electron chi connectivity index (χ4n) is 0.569. The monoisotopic (exact) mass is 94.1 g/mol. The van der Waals surface area contributed by atoms with Gasteiger partial charge in [0.25, 0.3) is 0 Å². The lowest BCUT2D eigenvalue weighted by Gasteiger charge is -1.96. The molecule has 0 aliphatic heterocycles. The molecule has 1 rings (SSSR count). The van der Waals surface area contributed by atoms with E-state index in [1.54, 1.807) is 0 Å². The minimum atomic E-state index is 0.784. The number of allylic oxidation sites excluding steroid dienone is 3. The van der Waals surface area contributed by atoms with Gasteiger partial charge in [-0.1, -0.05) is 6.08 Å². The van der Waals surface area contributed by atoms with Crippen LogP contribution in [0.25, 0.3) is 0 Å². The molecule has 0 fully saturated rings. The Bertz CT molecular complexity index is 111. The van der Waals surface area contributed by atoms with Crippen molar-refractivity contribution in [3.05, 3.63) is 23.9 Å². The number of rotatable bonds is 0. The van der Waals surface area contributed by atoms with Crippen LogP contribution < -0.4 is 5.73 Å². The van der Waals surface area contributed by atoms with Crippen LogP contribution >= 0.6 is 0 Å². The summed E-state index contributed by atoms with van der Waals surface area (Å²) in [6.45, 7) is 0. The molecular weight excluding hydrogens is 86.1 g/mol. The van der Waals surface area contributed by atoms with E-state index >= 15 is 0 Å². The van der Waals surface area contributed by atoms with Gasteiger partial charge in [-0.25, -0.2) is 0 Å². The van der Waals surface area contributed by atoms with E-state index in [4.69, 9.17) is 5.73 Å². The highest BCUT2D eigenvalue weighted by Crippen LogP contribution is 2.01. The average molecular weight is 94.1 g/mol. The average Bonchev–Trinajstić information content (AvgIpc) is 1.69. The number of hydrogen-bond acceptors (Lipinski definition) is 1. The van der Waals surface area contributed by atoms with Gasteiger partial charge in [0.15, 0.2) is 0 Å². The van der Waals surface area contributed by atoms with Crippen LogP contribution in [0.15, 0.2) is 17.8 Å². The maximum atomic E-state index is 5.35. The smallest absolute Gasteiger partial charge is 0.0347 e. The van der Waals surface area contributed by atoms with Crippen molar-refractivity contribution < 1.29 is 0 Å². The molecule has 0 atom stereocenters. The number of hydrogen-bond donors (Lipinski definition) is 1. The molecule has 37 valence electrons. The van der Waals surface area contributed by atoms with Crippen LogP contribution in [0.5, 0.6) is 0 Å². The van der Waals surface area contributed by atoms with Crippen LogP contribution in [0.3, 0.4) is 0 Å². The summed E-state index contributed by atoms with van der Waals surface area (Å²) >= 11 is 0. The Morgan fingerprint density at radius 2 is 2.57 bits per heavy atom.